The van der Waals surface area contributed by atoms with Crippen LogP contribution in [-0.2, 0) is 20.7 Å². The molecule has 0 aromatic heterocycles. The fourth-order valence-corrected chi connectivity index (χ4v) is 4.48. The minimum absolute atomic E-state index is 0.163. The Morgan fingerprint density at radius 1 is 1.07 bits per heavy atom. The molecule has 2 aromatic rings. The van der Waals surface area contributed by atoms with Crippen LogP contribution in [-0.4, -0.2) is 92.4 Å². The average molecular weight is 580 g/mol. The quantitative estimate of drug-likeness (QED) is 0.248. The van der Waals surface area contributed by atoms with E-state index in [0.717, 1.165) is 38.4 Å². The highest BCUT2D eigenvalue weighted by atomic mass is 16.5. The van der Waals surface area contributed by atoms with Crippen molar-refractivity contribution in [3.63, 3.8) is 0 Å². The predicted octanol–water partition coefficient (Wildman–Crippen LogP) is 3.12. The van der Waals surface area contributed by atoms with Gasteiger partial charge in [-0.1, -0.05) is 50.2 Å². The van der Waals surface area contributed by atoms with E-state index in [1.54, 1.807) is 31.5 Å². The first-order valence-electron chi connectivity index (χ1n) is 14.7. The van der Waals surface area contributed by atoms with Gasteiger partial charge in [-0.2, -0.15) is 5.10 Å². The first-order valence-corrected chi connectivity index (χ1v) is 14.7. The van der Waals surface area contributed by atoms with Crippen LogP contribution < -0.4 is 15.4 Å². The van der Waals surface area contributed by atoms with Gasteiger partial charge in [0.25, 0.3) is 5.91 Å². The molecule has 1 saturated heterocycles. The highest BCUT2D eigenvalue weighted by Gasteiger charge is 2.25. The Bertz CT molecular complexity index is 1170. The minimum atomic E-state index is -0.749. The fourth-order valence-electron chi connectivity index (χ4n) is 4.48. The summed E-state index contributed by atoms with van der Waals surface area (Å²) in [5.41, 5.74) is 1.55. The number of rotatable bonds is 15. The van der Waals surface area contributed by atoms with Gasteiger partial charge in [0.2, 0.25) is 11.8 Å². The van der Waals surface area contributed by atoms with Crippen LogP contribution in [0.1, 0.15) is 49.5 Å². The van der Waals surface area contributed by atoms with Crippen LogP contribution in [0, 0.1) is 5.92 Å². The molecule has 228 valence electrons. The second-order valence-electron chi connectivity index (χ2n) is 10.9. The first kappa shape index (κ1) is 32.8. The van der Waals surface area contributed by atoms with Gasteiger partial charge in [0.1, 0.15) is 18.4 Å². The van der Waals surface area contributed by atoms with Crippen molar-refractivity contribution in [2.24, 2.45) is 11.0 Å². The Morgan fingerprint density at radius 2 is 1.81 bits per heavy atom. The van der Waals surface area contributed by atoms with Gasteiger partial charge >= 0.3 is 0 Å². The summed E-state index contributed by atoms with van der Waals surface area (Å²) < 4.78 is 11.3. The molecule has 0 unspecified atom stereocenters. The van der Waals surface area contributed by atoms with Crippen molar-refractivity contribution in [3.05, 3.63) is 65.7 Å². The number of nitrogens with zero attached hydrogens (tertiary/aromatic N) is 3. The van der Waals surface area contributed by atoms with Crippen LogP contribution in [0.4, 0.5) is 0 Å². The maximum Gasteiger partial charge on any atom is 0.252 e. The Kier molecular flexibility index (Phi) is 13.5. The van der Waals surface area contributed by atoms with Gasteiger partial charge in [-0.25, -0.2) is 5.01 Å². The van der Waals surface area contributed by atoms with Crippen LogP contribution in [0.15, 0.2) is 59.7 Å². The maximum atomic E-state index is 13.5. The van der Waals surface area contributed by atoms with Crippen LogP contribution in [0.25, 0.3) is 0 Å². The number of nitrogens with one attached hydrogen (secondary N) is 2. The summed E-state index contributed by atoms with van der Waals surface area (Å²) in [6.45, 7) is 9.97. The summed E-state index contributed by atoms with van der Waals surface area (Å²) in [5.74, 6) is -0.0921. The molecule has 1 aliphatic rings. The van der Waals surface area contributed by atoms with Gasteiger partial charge in [-0.05, 0) is 48.9 Å². The number of amides is 3. The molecule has 0 bridgehead atoms. The molecule has 0 radical (unpaired) electrons. The number of benzene rings is 2. The molecule has 3 amide bonds. The molecule has 2 N–H and O–H groups in total. The Morgan fingerprint density at radius 3 is 2.50 bits per heavy atom. The van der Waals surface area contributed by atoms with Gasteiger partial charge < -0.3 is 20.1 Å². The lowest BCUT2D eigenvalue weighted by molar-refractivity contribution is -0.127. The Hall–Kier alpha value is -3.76. The van der Waals surface area contributed by atoms with E-state index in [1.807, 2.05) is 50.2 Å². The Balaban J connectivity index is 1.64. The number of carbonyl (C=O) groups is 3. The number of carbonyl (C=O) groups excluding carboxylic acids is 3. The third kappa shape index (κ3) is 11.6. The molecule has 10 heteroatoms. The molecule has 2 aromatic carbocycles. The highest BCUT2D eigenvalue weighted by Crippen LogP contribution is 2.15. The Labute approximate surface area is 249 Å². The summed E-state index contributed by atoms with van der Waals surface area (Å²) in [6, 6.07) is 15.8. The van der Waals surface area contributed by atoms with Gasteiger partial charge in [0.05, 0.1) is 19.3 Å². The summed E-state index contributed by atoms with van der Waals surface area (Å²) >= 11 is 0. The zero-order valence-corrected chi connectivity index (χ0v) is 25.3. The van der Waals surface area contributed by atoms with E-state index >= 15 is 0 Å². The van der Waals surface area contributed by atoms with E-state index in [-0.39, 0.29) is 23.6 Å². The molecular weight excluding hydrogens is 534 g/mol. The second-order valence-corrected chi connectivity index (χ2v) is 10.9. The molecule has 42 heavy (non-hydrogen) atoms. The summed E-state index contributed by atoms with van der Waals surface area (Å²) in [5, 5.41) is 11.4. The third-order valence-corrected chi connectivity index (χ3v) is 7.00. The van der Waals surface area contributed by atoms with Crippen LogP contribution >= 0.6 is 0 Å². The zero-order valence-electron chi connectivity index (χ0n) is 25.3. The number of hydrogen-bond donors (Lipinski definition) is 2. The van der Waals surface area contributed by atoms with Crippen molar-refractivity contribution in [2.75, 3.05) is 46.5 Å². The number of morpholine rings is 1. The third-order valence-electron chi connectivity index (χ3n) is 7.00. The van der Waals surface area contributed by atoms with Crippen LogP contribution in [0.2, 0.25) is 0 Å². The van der Waals surface area contributed by atoms with E-state index in [2.05, 4.69) is 20.6 Å². The number of hydrazone groups is 1. The van der Waals surface area contributed by atoms with Gasteiger partial charge in [-0.3, -0.25) is 19.3 Å². The van der Waals surface area contributed by atoms with Crippen molar-refractivity contribution in [1.29, 1.82) is 0 Å². The van der Waals surface area contributed by atoms with E-state index in [1.165, 1.54) is 11.9 Å². The number of aryl methyl sites for hydroxylation is 1. The second kappa shape index (κ2) is 17.3. The molecule has 0 aliphatic carbocycles. The van der Waals surface area contributed by atoms with Gasteiger partial charge in [0.15, 0.2) is 0 Å². The smallest absolute Gasteiger partial charge is 0.252 e. The SMILES string of the molecule is CC(=O)N(C)/N=C/[C@H](CCc1ccccc1)NC(=O)[C@H](CC(C)C)NC(=O)c1cccc(OCCN2CCOCC2)c1. The largest absolute Gasteiger partial charge is 0.492 e. The van der Waals surface area contributed by atoms with Gasteiger partial charge in [0, 0.05) is 45.4 Å². The molecule has 0 spiro atoms. The van der Waals surface area contributed by atoms with Crippen LogP contribution in [0.5, 0.6) is 5.75 Å². The van der Waals surface area contributed by atoms with Crippen molar-refractivity contribution in [3.8, 4) is 5.75 Å². The van der Waals surface area contributed by atoms with Gasteiger partial charge in [-0.15, -0.1) is 0 Å². The number of hydrogen-bond acceptors (Lipinski definition) is 7. The van der Waals surface area contributed by atoms with E-state index in [0.29, 0.717) is 37.2 Å². The average Bonchev–Trinajstić information content (AvgIpc) is 2.98. The van der Waals surface area contributed by atoms with E-state index < -0.39 is 12.1 Å². The summed E-state index contributed by atoms with van der Waals surface area (Å²) in [4.78, 5) is 40.7. The van der Waals surface area contributed by atoms with E-state index in [4.69, 9.17) is 9.47 Å². The van der Waals surface area contributed by atoms with Crippen molar-refractivity contribution >= 4 is 23.9 Å². The lowest BCUT2D eigenvalue weighted by Crippen LogP contribution is -2.50. The van der Waals surface area contributed by atoms with Crippen molar-refractivity contribution in [2.45, 2.75) is 52.1 Å². The molecule has 10 nitrogen and oxygen atoms in total. The topological polar surface area (TPSA) is 113 Å². The minimum Gasteiger partial charge on any atom is -0.492 e. The highest BCUT2D eigenvalue weighted by molar-refractivity contribution is 5.98. The van der Waals surface area contributed by atoms with E-state index in [9.17, 15) is 14.4 Å². The number of ether oxygens (including phenoxy) is 2. The molecule has 2 atom stereocenters. The van der Waals surface area contributed by atoms with Crippen LogP contribution in [0.3, 0.4) is 0 Å². The lowest BCUT2D eigenvalue weighted by Gasteiger charge is -2.26. The molecule has 1 heterocycles. The lowest BCUT2D eigenvalue weighted by atomic mass is 10.0. The zero-order chi connectivity index (χ0) is 30.3. The molecule has 0 saturated carbocycles. The molecule has 1 aliphatic heterocycles. The van der Waals surface area contributed by atoms with Crippen molar-refractivity contribution in [1.82, 2.24) is 20.5 Å². The van der Waals surface area contributed by atoms with Crippen molar-refractivity contribution < 1.29 is 23.9 Å². The molecular formula is C32H45N5O5. The monoisotopic (exact) mass is 579 g/mol. The normalized spacial score (nSPS) is 15.3. The molecule has 1 fully saturated rings. The maximum absolute atomic E-state index is 13.5. The first-order chi connectivity index (χ1) is 20.2. The molecule has 3 rings (SSSR count). The predicted molar refractivity (Wildman–Crippen MR) is 164 cm³/mol. The fraction of sp³-hybridized carbons (Fsp3) is 0.500. The summed E-state index contributed by atoms with van der Waals surface area (Å²) in [7, 11) is 1.57. The standard InChI is InChI=1S/C32H45N5O5/c1-24(2)21-30(32(40)34-28(23-33-36(4)25(3)38)14-13-26-9-6-5-7-10-26)35-31(39)27-11-8-12-29(22-27)42-20-17-37-15-18-41-19-16-37/h5-12,22-24,28,30H,13-21H2,1-4H3,(H,34,40)(H,35,39)/b33-23+/t28-,30-/m0/s1. The summed E-state index contributed by atoms with van der Waals surface area (Å²) in [6.07, 6.45) is 3.33.